The topological polar surface area (TPSA) is 20.3 Å². The number of nitrogens with zero attached hydrogens (tertiary/aromatic N) is 1. The molecule has 0 N–H and O–H groups in total. The Morgan fingerprint density at radius 2 is 2.13 bits per heavy atom. The van der Waals surface area contributed by atoms with E-state index in [1.807, 2.05) is 11.8 Å². The molecule has 2 aliphatic heterocycles. The fourth-order valence-electron chi connectivity index (χ4n) is 2.57. The summed E-state index contributed by atoms with van der Waals surface area (Å²) in [7, 11) is 0. The lowest BCUT2D eigenvalue weighted by Crippen LogP contribution is -2.61. The predicted octanol–water partition coefficient (Wildman–Crippen LogP) is 2.73. The maximum atomic E-state index is 12.1. The first-order valence-corrected chi connectivity index (χ1v) is 6.78. The Balaban J connectivity index is 2.16. The highest BCUT2D eigenvalue weighted by Crippen LogP contribution is 2.54. The number of hydrogen-bond donors (Lipinski definition) is 0. The zero-order valence-electron chi connectivity index (χ0n) is 10.3. The van der Waals surface area contributed by atoms with Gasteiger partial charge in [0.25, 0.3) is 0 Å². The second-order valence-corrected chi connectivity index (χ2v) is 7.22. The Labute approximate surface area is 96.8 Å². The highest BCUT2D eigenvalue weighted by Gasteiger charge is 2.60. The van der Waals surface area contributed by atoms with Crippen molar-refractivity contribution in [2.45, 2.75) is 57.2 Å². The number of β-lactam (4-membered cyclic amide) rings is 1. The molecule has 4 atom stereocenters. The summed E-state index contributed by atoms with van der Waals surface area (Å²) in [5.74, 6) is 1.21. The Bertz CT molecular complexity index is 289. The lowest BCUT2D eigenvalue weighted by atomic mass is 9.82. The van der Waals surface area contributed by atoms with Crippen molar-refractivity contribution >= 4 is 17.7 Å². The van der Waals surface area contributed by atoms with E-state index in [1.54, 1.807) is 0 Å². The molecule has 0 radical (unpaired) electrons. The van der Waals surface area contributed by atoms with Crippen LogP contribution >= 0.6 is 11.8 Å². The van der Waals surface area contributed by atoms with Crippen molar-refractivity contribution in [1.29, 1.82) is 0 Å². The van der Waals surface area contributed by atoms with Gasteiger partial charge in [-0.3, -0.25) is 4.79 Å². The van der Waals surface area contributed by atoms with Crippen LogP contribution in [0, 0.1) is 11.8 Å². The SMILES string of the molecule is CC[C@H](C)[C@@H]1C(=O)N2C(C)C(C)(C)S[C@H]12. The number of carbonyl (C=O) groups is 1. The highest BCUT2D eigenvalue weighted by atomic mass is 32.2. The van der Waals surface area contributed by atoms with Gasteiger partial charge < -0.3 is 4.90 Å². The fourth-order valence-corrected chi connectivity index (χ4v) is 4.44. The first-order chi connectivity index (χ1) is 6.90. The third kappa shape index (κ3) is 1.42. The molecule has 0 aromatic heterocycles. The molecule has 2 rings (SSSR count). The molecule has 2 saturated heterocycles. The number of thioether (sulfide) groups is 1. The summed E-state index contributed by atoms with van der Waals surface area (Å²) in [6.45, 7) is 11.1. The molecule has 0 aromatic rings. The maximum Gasteiger partial charge on any atom is 0.230 e. The molecule has 0 aliphatic carbocycles. The molecular weight excluding hydrogens is 206 g/mol. The Hall–Kier alpha value is -0.180. The first-order valence-electron chi connectivity index (χ1n) is 5.90. The van der Waals surface area contributed by atoms with Crippen LogP contribution in [0.5, 0.6) is 0 Å². The molecule has 2 aliphatic rings. The number of rotatable bonds is 2. The van der Waals surface area contributed by atoms with Gasteiger partial charge in [0.15, 0.2) is 0 Å². The van der Waals surface area contributed by atoms with Crippen molar-refractivity contribution in [3.05, 3.63) is 0 Å². The van der Waals surface area contributed by atoms with Crippen LogP contribution in [0.3, 0.4) is 0 Å². The Kier molecular flexibility index (Phi) is 2.57. The van der Waals surface area contributed by atoms with Crippen molar-refractivity contribution in [3.8, 4) is 0 Å². The summed E-state index contributed by atoms with van der Waals surface area (Å²) in [4.78, 5) is 14.2. The minimum Gasteiger partial charge on any atom is -0.325 e. The van der Waals surface area contributed by atoms with Crippen molar-refractivity contribution < 1.29 is 4.79 Å². The van der Waals surface area contributed by atoms with Crippen LogP contribution in [0.25, 0.3) is 0 Å². The molecule has 0 spiro atoms. The second-order valence-electron chi connectivity index (χ2n) is 5.44. The van der Waals surface area contributed by atoms with E-state index in [0.29, 0.717) is 23.2 Å². The van der Waals surface area contributed by atoms with E-state index in [0.717, 1.165) is 6.42 Å². The summed E-state index contributed by atoms with van der Waals surface area (Å²) in [5.41, 5.74) is 0. The molecule has 0 bridgehead atoms. The first kappa shape index (κ1) is 11.3. The molecule has 2 heterocycles. The Morgan fingerprint density at radius 3 is 2.67 bits per heavy atom. The average Bonchev–Trinajstić information content (AvgIpc) is 2.35. The zero-order chi connectivity index (χ0) is 11.4. The van der Waals surface area contributed by atoms with E-state index in [9.17, 15) is 4.79 Å². The molecule has 3 heteroatoms. The molecule has 1 amide bonds. The van der Waals surface area contributed by atoms with Crippen LogP contribution in [0.15, 0.2) is 0 Å². The quantitative estimate of drug-likeness (QED) is 0.676. The normalized spacial score (nSPS) is 39.9. The van der Waals surface area contributed by atoms with Gasteiger partial charge in [-0.15, -0.1) is 11.8 Å². The third-order valence-electron chi connectivity index (χ3n) is 4.23. The largest absolute Gasteiger partial charge is 0.325 e. The summed E-state index contributed by atoms with van der Waals surface area (Å²) in [6.07, 6.45) is 1.11. The van der Waals surface area contributed by atoms with Gasteiger partial charge in [0.05, 0.1) is 11.3 Å². The number of hydrogen-bond acceptors (Lipinski definition) is 2. The van der Waals surface area contributed by atoms with Crippen LogP contribution in [0.2, 0.25) is 0 Å². The van der Waals surface area contributed by atoms with Crippen LogP contribution < -0.4 is 0 Å². The van der Waals surface area contributed by atoms with Gasteiger partial charge in [-0.1, -0.05) is 20.3 Å². The highest BCUT2D eigenvalue weighted by molar-refractivity contribution is 8.01. The predicted molar refractivity (Wildman–Crippen MR) is 64.7 cm³/mol. The van der Waals surface area contributed by atoms with Crippen LogP contribution in [-0.2, 0) is 4.79 Å². The number of amides is 1. The van der Waals surface area contributed by atoms with E-state index in [-0.39, 0.29) is 10.7 Å². The molecular formula is C12H21NOS. The summed E-state index contributed by atoms with van der Waals surface area (Å²) >= 11 is 1.99. The van der Waals surface area contributed by atoms with Crippen molar-refractivity contribution in [3.63, 3.8) is 0 Å². The summed E-state index contributed by atoms with van der Waals surface area (Å²) in [6, 6.07) is 0.389. The van der Waals surface area contributed by atoms with Gasteiger partial charge in [0, 0.05) is 10.8 Å². The van der Waals surface area contributed by atoms with Gasteiger partial charge in [-0.2, -0.15) is 0 Å². The van der Waals surface area contributed by atoms with E-state index in [2.05, 4.69) is 39.5 Å². The lowest BCUT2D eigenvalue weighted by Gasteiger charge is -2.46. The maximum absolute atomic E-state index is 12.1. The van der Waals surface area contributed by atoms with Gasteiger partial charge in [0.2, 0.25) is 5.91 Å². The smallest absolute Gasteiger partial charge is 0.230 e. The molecule has 2 nitrogen and oxygen atoms in total. The minimum atomic E-state index is 0.225. The van der Waals surface area contributed by atoms with E-state index in [4.69, 9.17) is 0 Å². The molecule has 86 valence electrons. The summed E-state index contributed by atoms with van der Waals surface area (Å²) < 4.78 is 0.225. The standard InChI is InChI=1S/C12H21NOS/c1-6-7(2)9-10(14)13-8(3)12(4,5)15-11(9)13/h7-9,11H,6H2,1-5H3/t7-,8?,9+,11+/m0/s1. The summed E-state index contributed by atoms with van der Waals surface area (Å²) in [5, 5.41) is 0.456. The Morgan fingerprint density at radius 1 is 1.53 bits per heavy atom. The van der Waals surface area contributed by atoms with E-state index in [1.165, 1.54) is 0 Å². The number of carbonyl (C=O) groups excluding carboxylic acids is 1. The lowest BCUT2D eigenvalue weighted by molar-refractivity contribution is -0.156. The number of fused-ring (bicyclic) bond motifs is 1. The minimum absolute atomic E-state index is 0.225. The molecule has 15 heavy (non-hydrogen) atoms. The molecule has 2 fully saturated rings. The molecule has 1 unspecified atom stereocenters. The van der Waals surface area contributed by atoms with Crippen LogP contribution in [-0.4, -0.2) is 27.0 Å². The van der Waals surface area contributed by atoms with Crippen molar-refractivity contribution in [1.82, 2.24) is 4.90 Å². The van der Waals surface area contributed by atoms with Crippen molar-refractivity contribution in [2.24, 2.45) is 11.8 Å². The van der Waals surface area contributed by atoms with E-state index >= 15 is 0 Å². The van der Waals surface area contributed by atoms with Crippen LogP contribution in [0.4, 0.5) is 0 Å². The van der Waals surface area contributed by atoms with Crippen molar-refractivity contribution in [2.75, 3.05) is 0 Å². The second kappa shape index (κ2) is 3.41. The average molecular weight is 227 g/mol. The zero-order valence-corrected chi connectivity index (χ0v) is 11.1. The van der Waals surface area contributed by atoms with E-state index < -0.39 is 0 Å². The van der Waals surface area contributed by atoms with Gasteiger partial charge >= 0.3 is 0 Å². The molecule has 0 aromatic carbocycles. The van der Waals surface area contributed by atoms with Crippen LogP contribution in [0.1, 0.15) is 41.0 Å². The van der Waals surface area contributed by atoms with Gasteiger partial charge in [-0.25, -0.2) is 0 Å². The molecule has 0 saturated carbocycles. The fraction of sp³-hybridized carbons (Fsp3) is 0.917. The van der Waals surface area contributed by atoms with Gasteiger partial charge in [-0.05, 0) is 26.7 Å². The monoisotopic (exact) mass is 227 g/mol. The third-order valence-corrected chi connectivity index (χ3v) is 5.94. The van der Waals surface area contributed by atoms with Gasteiger partial charge in [0.1, 0.15) is 0 Å².